The largest absolute Gasteiger partial charge is 0.378 e. The molecule has 3 N–H and O–H groups in total. The molecule has 30 heavy (non-hydrogen) atoms. The molecular weight excluding hydrogens is 426 g/mol. The van der Waals surface area contributed by atoms with Crippen molar-refractivity contribution in [1.29, 1.82) is 0 Å². The van der Waals surface area contributed by atoms with Crippen LogP contribution in [0.5, 0.6) is 0 Å². The summed E-state index contributed by atoms with van der Waals surface area (Å²) in [4.78, 5) is 43.4. The predicted octanol–water partition coefficient (Wildman–Crippen LogP) is 1.80. The van der Waals surface area contributed by atoms with Crippen molar-refractivity contribution in [1.82, 2.24) is 15.8 Å². The molecule has 0 bridgehead atoms. The first kappa shape index (κ1) is 22.1. The van der Waals surface area contributed by atoms with Crippen LogP contribution in [0.4, 0.5) is 10.8 Å². The van der Waals surface area contributed by atoms with Gasteiger partial charge in [0.2, 0.25) is 11.8 Å². The SMILES string of the molecule is CC(=O)Nc1ccc(SCC(=O)NNC(=O)c2sc(N3CCOCC3)nc2C)cc1. The number of carbonyl (C=O) groups excluding carboxylic acids is 3. The third-order valence-electron chi connectivity index (χ3n) is 4.13. The number of hydrogen-bond acceptors (Lipinski definition) is 8. The number of aryl methyl sites for hydroxylation is 1. The van der Waals surface area contributed by atoms with E-state index < -0.39 is 0 Å². The first-order valence-corrected chi connectivity index (χ1v) is 11.1. The second-order valence-corrected chi connectivity index (χ2v) is 8.53. The third-order valence-corrected chi connectivity index (χ3v) is 6.36. The fourth-order valence-electron chi connectivity index (χ4n) is 2.69. The van der Waals surface area contributed by atoms with E-state index in [0.717, 1.165) is 23.1 Å². The molecule has 1 aliphatic heterocycles. The summed E-state index contributed by atoms with van der Waals surface area (Å²) in [5.74, 6) is -0.711. The predicted molar refractivity (Wildman–Crippen MR) is 117 cm³/mol. The zero-order valence-electron chi connectivity index (χ0n) is 16.7. The Labute approximate surface area is 182 Å². The molecule has 2 aromatic rings. The summed E-state index contributed by atoms with van der Waals surface area (Å²) in [6, 6.07) is 7.16. The maximum atomic E-state index is 12.4. The van der Waals surface area contributed by atoms with Gasteiger partial charge < -0.3 is 15.0 Å². The van der Waals surface area contributed by atoms with Gasteiger partial charge in [0.1, 0.15) is 4.88 Å². The molecular formula is C19H23N5O4S2. The summed E-state index contributed by atoms with van der Waals surface area (Å²) >= 11 is 2.63. The normalized spacial score (nSPS) is 13.6. The summed E-state index contributed by atoms with van der Waals surface area (Å²) in [6.07, 6.45) is 0. The van der Waals surface area contributed by atoms with E-state index in [9.17, 15) is 14.4 Å². The van der Waals surface area contributed by atoms with Gasteiger partial charge in [0, 0.05) is 30.6 Å². The van der Waals surface area contributed by atoms with Crippen molar-refractivity contribution in [2.24, 2.45) is 0 Å². The number of benzene rings is 1. The molecule has 0 atom stereocenters. The molecule has 0 spiro atoms. The molecule has 3 amide bonds. The highest BCUT2D eigenvalue weighted by atomic mass is 32.2. The van der Waals surface area contributed by atoms with Crippen LogP contribution in [0.3, 0.4) is 0 Å². The highest BCUT2D eigenvalue weighted by Gasteiger charge is 2.20. The Morgan fingerprint density at radius 1 is 1.17 bits per heavy atom. The van der Waals surface area contributed by atoms with Crippen molar-refractivity contribution in [3.63, 3.8) is 0 Å². The zero-order chi connectivity index (χ0) is 21.5. The third kappa shape index (κ3) is 6.18. The monoisotopic (exact) mass is 449 g/mol. The van der Waals surface area contributed by atoms with Crippen LogP contribution in [0, 0.1) is 6.92 Å². The average Bonchev–Trinajstić information content (AvgIpc) is 3.13. The topological polar surface area (TPSA) is 113 Å². The van der Waals surface area contributed by atoms with Gasteiger partial charge in [-0.1, -0.05) is 11.3 Å². The molecule has 1 fully saturated rings. The number of rotatable bonds is 6. The van der Waals surface area contributed by atoms with Crippen LogP contribution in [0.15, 0.2) is 29.2 Å². The second-order valence-electron chi connectivity index (χ2n) is 6.51. The Morgan fingerprint density at radius 3 is 2.53 bits per heavy atom. The molecule has 1 aliphatic rings. The lowest BCUT2D eigenvalue weighted by Gasteiger charge is -2.25. The number of amides is 3. The van der Waals surface area contributed by atoms with Crippen LogP contribution >= 0.6 is 23.1 Å². The van der Waals surface area contributed by atoms with Crippen LogP contribution in [0.2, 0.25) is 0 Å². The summed E-state index contributed by atoms with van der Waals surface area (Å²) in [5, 5.41) is 3.47. The van der Waals surface area contributed by atoms with Gasteiger partial charge in [-0.25, -0.2) is 4.98 Å². The number of thiazole rings is 1. The maximum Gasteiger partial charge on any atom is 0.281 e. The molecule has 2 heterocycles. The van der Waals surface area contributed by atoms with E-state index >= 15 is 0 Å². The van der Waals surface area contributed by atoms with Crippen molar-refractivity contribution in [3.05, 3.63) is 34.8 Å². The first-order valence-electron chi connectivity index (χ1n) is 9.32. The smallest absolute Gasteiger partial charge is 0.281 e. The van der Waals surface area contributed by atoms with Crippen LogP contribution < -0.4 is 21.1 Å². The molecule has 1 aromatic heterocycles. The standard InChI is InChI=1S/C19H23N5O4S2/c1-12-17(30-19(20-12)24-7-9-28-10-8-24)18(27)23-22-16(26)11-29-15-5-3-14(4-6-15)21-13(2)25/h3-6H,7-11H2,1-2H3,(H,21,25)(H,22,26)(H,23,27). The molecule has 9 nitrogen and oxygen atoms in total. The number of morpholine rings is 1. The van der Waals surface area contributed by atoms with E-state index in [1.807, 2.05) is 12.1 Å². The Hall–Kier alpha value is -2.63. The van der Waals surface area contributed by atoms with Gasteiger partial charge in [-0.2, -0.15) is 0 Å². The molecule has 1 saturated heterocycles. The number of carbonyl (C=O) groups is 3. The second kappa shape index (κ2) is 10.4. The van der Waals surface area contributed by atoms with E-state index in [1.54, 1.807) is 19.1 Å². The quantitative estimate of drug-likeness (QED) is 0.455. The summed E-state index contributed by atoms with van der Waals surface area (Å²) in [5.41, 5.74) is 6.21. The number of nitrogens with one attached hydrogen (secondary N) is 3. The number of hydrogen-bond donors (Lipinski definition) is 3. The summed E-state index contributed by atoms with van der Waals surface area (Å²) in [7, 11) is 0. The number of aromatic nitrogens is 1. The van der Waals surface area contributed by atoms with Crippen molar-refractivity contribution >= 4 is 51.6 Å². The number of anilines is 2. The van der Waals surface area contributed by atoms with Gasteiger partial charge in [0.15, 0.2) is 5.13 Å². The van der Waals surface area contributed by atoms with E-state index in [0.29, 0.717) is 29.5 Å². The van der Waals surface area contributed by atoms with Crippen LogP contribution in [0.1, 0.15) is 22.3 Å². The summed E-state index contributed by atoms with van der Waals surface area (Å²) in [6.45, 7) is 5.99. The Morgan fingerprint density at radius 2 is 1.87 bits per heavy atom. The Bertz CT molecular complexity index is 910. The minimum Gasteiger partial charge on any atom is -0.378 e. The van der Waals surface area contributed by atoms with Crippen LogP contribution in [-0.4, -0.2) is 54.8 Å². The Kier molecular flexibility index (Phi) is 7.66. The highest BCUT2D eigenvalue weighted by Crippen LogP contribution is 2.26. The molecule has 3 rings (SSSR count). The molecule has 0 unspecified atom stereocenters. The van der Waals surface area contributed by atoms with Crippen LogP contribution in [-0.2, 0) is 14.3 Å². The maximum absolute atomic E-state index is 12.4. The van der Waals surface area contributed by atoms with Gasteiger partial charge in [-0.05, 0) is 31.2 Å². The number of hydrazine groups is 1. The average molecular weight is 450 g/mol. The molecule has 11 heteroatoms. The van der Waals surface area contributed by atoms with E-state index in [2.05, 4.69) is 26.1 Å². The first-order chi connectivity index (χ1) is 14.4. The number of ether oxygens (including phenoxy) is 1. The van der Waals surface area contributed by atoms with E-state index in [-0.39, 0.29) is 23.5 Å². The fraction of sp³-hybridized carbons (Fsp3) is 0.368. The lowest BCUT2D eigenvalue weighted by atomic mass is 10.3. The van der Waals surface area contributed by atoms with Crippen LogP contribution in [0.25, 0.3) is 0 Å². The van der Waals surface area contributed by atoms with Gasteiger partial charge in [-0.3, -0.25) is 25.2 Å². The van der Waals surface area contributed by atoms with Gasteiger partial charge in [0.05, 0.1) is 24.7 Å². The minimum atomic E-state index is -0.387. The highest BCUT2D eigenvalue weighted by molar-refractivity contribution is 8.00. The number of thioether (sulfide) groups is 1. The fourth-order valence-corrected chi connectivity index (χ4v) is 4.40. The molecule has 0 aliphatic carbocycles. The van der Waals surface area contributed by atoms with E-state index in [4.69, 9.17) is 4.74 Å². The van der Waals surface area contributed by atoms with Gasteiger partial charge >= 0.3 is 0 Å². The minimum absolute atomic E-state index is 0.139. The molecule has 0 saturated carbocycles. The molecule has 1 aromatic carbocycles. The van der Waals surface area contributed by atoms with E-state index in [1.165, 1.54) is 30.0 Å². The van der Waals surface area contributed by atoms with Crippen molar-refractivity contribution in [2.75, 3.05) is 42.3 Å². The molecule has 0 radical (unpaired) electrons. The van der Waals surface area contributed by atoms with Gasteiger partial charge in [0.25, 0.3) is 5.91 Å². The summed E-state index contributed by atoms with van der Waals surface area (Å²) < 4.78 is 5.34. The zero-order valence-corrected chi connectivity index (χ0v) is 18.3. The lowest BCUT2D eigenvalue weighted by Crippen LogP contribution is -2.42. The number of nitrogens with zero attached hydrogens (tertiary/aromatic N) is 2. The molecule has 160 valence electrons. The van der Waals surface area contributed by atoms with Crippen molar-refractivity contribution in [3.8, 4) is 0 Å². The lowest BCUT2D eigenvalue weighted by molar-refractivity contribution is -0.119. The van der Waals surface area contributed by atoms with Crippen molar-refractivity contribution < 1.29 is 19.1 Å². The van der Waals surface area contributed by atoms with Crippen molar-refractivity contribution in [2.45, 2.75) is 18.7 Å². The Balaban J connectivity index is 1.46. The van der Waals surface area contributed by atoms with Gasteiger partial charge in [-0.15, -0.1) is 11.8 Å².